The number of carbonyl (C=O) groups excluding carboxylic acids is 1. The van der Waals surface area contributed by atoms with Crippen LogP contribution in [0.3, 0.4) is 0 Å². The summed E-state index contributed by atoms with van der Waals surface area (Å²) in [4.78, 5) is 21.0. The maximum absolute atomic E-state index is 10.8. The van der Waals surface area contributed by atoms with Crippen LogP contribution >= 0.6 is 0 Å². The van der Waals surface area contributed by atoms with Crippen LogP contribution in [0.5, 0.6) is 0 Å². The zero-order valence-electron chi connectivity index (χ0n) is 7.82. The van der Waals surface area contributed by atoms with Crippen molar-refractivity contribution < 1.29 is 20.8 Å². The predicted octanol–water partition coefficient (Wildman–Crippen LogP) is -0.258. The largest absolute Gasteiger partial charge is 0.480 e. The first-order valence-corrected chi connectivity index (χ1v) is 3.53. The second kappa shape index (κ2) is 5.54. The van der Waals surface area contributed by atoms with Crippen molar-refractivity contribution in [3.8, 4) is 0 Å². The summed E-state index contributed by atoms with van der Waals surface area (Å²) in [6.45, 7) is 0.475. The van der Waals surface area contributed by atoms with Crippen LogP contribution in [0.1, 0.15) is 21.1 Å². The topological polar surface area (TPSA) is 89.6 Å². The SMILES string of the molecule is [2H]C(C)OC(=O)CC[C@H](N)C(=O)O. The first-order chi connectivity index (χ1) is 5.93. The number of hydrogen-bond donors (Lipinski definition) is 2. The Morgan fingerprint density at radius 2 is 2.33 bits per heavy atom. The lowest BCUT2D eigenvalue weighted by atomic mass is 10.2. The van der Waals surface area contributed by atoms with Crippen molar-refractivity contribution >= 4 is 11.9 Å². The molecule has 0 aliphatic rings. The van der Waals surface area contributed by atoms with Crippen LogP contribution in [0, 0.1) is 0 Å². The maximum atomic E-state index is 10.8. The van der Waals surface area contributed by atoms with E-state index < -0.39 is 24.6 Å². The molecule has 0 saturated heterocycles. The second-order valence-electron chi connectivity index (χ2n) is 2.21. The van der Waals surface area contributed by atoms with E-state index in [-0.39, 0.29) is 12.8 Å². The number of carboxylic acids is 1. The Kier molecular flexibility index (Phi) is 4.15. The molecule has 3 N–H and O–H groups in total. The summed E-state index contributed by atoms with van der Waals surface area (Å²) in [5.74, 6) is -1.74. The highest BCUT2D eigenvalue weighted by atomic mass is 16.5. The fourth-order valence-corrected chi connectivity index (χ4v) is 0.587. The molecular weight excluding hydrogens is 162 g/mol. The average Bonchev–Trinajstić information content (AvgIpc) is 1.98. The fourth-order valence-electron chi connectivity index (χ4n) is 0.587. The Morgan fingerprint density at radius 1 is 1.75 bits per heavy atom. The third-order valence-electron chi connectivity index (χ3n) is 1.23. The number of carboxylic acid groups (broad SMARTS) is 1. The van der Waals surface area contributed by atoms with Crippen molar-refractivity contribution in [3.63, 3.8) is 0 Å². The van der Waals surface area contributed by atoms with Gasteiger partial charge in [-0.3, -0.25) is 9.59 Å². The molecule has 5 heteroatoms. The van der Waals surface area contributed by atoms with E-state index in [0.717, 1.165) is 0 Å². The molecule has 12 heavy (non-hydrogen) atoms. The van der Waals surface area contributed by atoms with Gasteiger partial charge in [-0.05, 0) is 13.3 Å². The van der Waals surface area contributed by atoms with Gasteiger partial charge in [0, 0.05) is 6.42 Å². The van der Waals surface area contributed by atoms with Gasteiger partial charge in [0.05, 0.1) is 7.95 Å². The quantitative estimate of drug-likeness (QED) is 0.563. The zero-order valence-corrected chi connectivity index (χ0v) is 6.82. The van der Waals surface area contributed by atoms with E-state index in [4.69, 9.17) is 12.2 Å². The molecule has 1 unspecified atom stereocenters. The third kappa shape index (κ3) is 4.68. The highest BCUT2D eigenvalue weighted by molar-refractivity contribution is 5.75. The highest BCUT2D eigenvalue weighted by Crippen LogP contribution is 1.96. The van der Waals surface area contributed by atoms with E-state index in [1.165, 1.54) is 6.92 Å². The minimum Gasteiger partial charge on any atom is -0.480 e. The van der Waals surface area contributed by atoms with Gasteiger partial charge in [0.2, 0.25) is 0 Å². The van der Waals surface area contributed by atoms with Gasteiger partial charge in [0.25, 0.3) is 0 Å². The molecule has 0 aromatic carbocycles. The van der Waals surface area contributed by atoms with E-state index in [9.17, 15) is 9.59 Å². The molecule has 5 nitrogen and oxygen atoms in total. The van der Waals surface area contributed by atoms with Gasteiger partial charge in [0.1, 0.15) is 6.04 Å². The van der Waals surface area contributed by atoms with Crippen LogP contribution < -0.4 is 5.73 Å². The molecular formula is C7H13NO4. The van der Waals surface area contributed by atoms with Crippen molar-refractivity contribution in [1.29, 1.82) is 0 Å². The molecule has 0 rings (SSSR count). The lowest BCUT2D eigenvalue weighted by Gasteiger charge is -2.04. The Morgan fingerprint density at radius 3 is 2.75 bits per heavy atom. The number of ether oxygens (including phenoxy) is 1. The van der Waals surface area contributed by atoms with E-state index in [2.05, 4.69) is 4.74 Å². The van der Waals surface area contributed by atoms with Crippen LogP contribution in [0.2, 0.25) is 0 Å². The number of aliphatic carboxylic acids is 1. The Labute approximate surface area is 71.9 Å². The summed E-state index contributed by atoms with van der Waals surface area (Å²) in [5.41, 5.74) is 5.14. The van der Waals surface area contributed by atoms with E-state index in [1.54, 1.807) is 0 Å². The molecule has 0 spiro atoms. The third-order valence-corrected chi connectivity index (χ3v) is 1.23. The van der Waals surface area contributed by atoms with Gasteiger partial charge in [-0.15, -0.1) is 0 Å². The van der Waals surface area contributed by atoms with Gasteiger partial charge in [-0.2, -0.15) is 0 Å². The summed E-state index contributed by atoms with van der Waals surface area (Å²) in [6.07, 6.45) is -0.0441. The van der Waals surface area contributed by atoms with Crippen molar-refractivity contribution in [2.75, 3.05) is 6.58 Å². The van der Waals surface area contributed by atoms with Crippen LogP contribution in [0.25, 0.3) is 0 Å². The highest BCUT2D eigenvalue weighted by Gasteiger charge is 2.13. The summed E-state index contributed by atoms with van der Waals surface area (Å²) >= 11 is 0. The molecule has 0 aliphatic carbocycles. The van der Waals surface area contributed by atoms with Crippen molar-refractivity contribution in [2.24, 2.45) is 5.73 Å². The van der Waals surface area contributed by atoms with Crippen molar-refractivity contribution in [3.05, 3.63) is 0 Å². The molecule has 0 radical (unpaired) electrons. The van der Waals surface area contributed by atoms with E-state index in [0.29, 0.717) is 0 Å². The lowest BCUT2D eigenvalue weighted by molar-refractivity contribution is -0.143. The van der Waals surface area contributed by atoms with Crippen LogP contribution in [0.4, 0.5) is 0 Å². The van der Waals surface area contributed by atoms with Gasteiger partial charge in [-0.25, -0.2) is 0 Å². The molecule has 2 atom stereocenters. The second-order valence-corrected chi connectivity index (χ2v) is 2.21. The summed E-state index contributed by atoms with van der Waals surface area (Å²) in [7, 11) is 0. The number of nitrogens with two attached hydrogens (primary N) is 1. The number of rotatable bonds is 5. The summed E-state index contributed by atoms with van der Waals surface area (Å²) < 4.78 is 11.3. The predicted molar refractivity (Wildman–Crippen MR) is 41.5 cm³/mol. The van der Waals surface area contributed by atoms with Crippen LogP contribution in [-0.2, 0) is 14.3 Å². The summed E-state index contributed by atoms with van der Waals surface area (Å²) in [6, 6.07) is -1.05. The maximum Gasteiger partial charge on any atom is 0.320 e. The number of hydrogen-bond acceptors (Lipinski definition) is 4. The minimum absolute atomic E-state index is 0.0287. The molecule has 0 saturated carbocycles. The molecule has 0 aromatic rings. The van der Waals surface area contributed by atoms with Gasteiger partial charge in [-0.1, -0.05) is 0 Å². The van der Waals surface area contributed by atoms with Gasteiger partial charge >= 0.3 is 11.9 Å². The first-order valence-electron chi connectivity index (χ1n) is 4.11. The molecule has 0 heterocycles. The average molecular weight is 176 g/mol. The molecule has 0 amide bonds. The van der Waals surface area contributed by atoms with Gasteiger partial charge in [0.15, 0.2) is 0 Å². The van der Waals surface area contributed by atoms with Crippen LogP contribution in [0.15, 0.2) is 0 Å². The molecule has 0 fully saturated rings. The Bertz CT molecular complexity index is 195. The first kappa shape index (κ1) is 8.99. The zero-order chi connectivity index (χ0) is 10.4. The van der Waals surface area contributed by atoms with E-state index >= 15 is 0 Å². The molecule has 0 bridgehead atoms. The van der Waals surface area contributed by atoms with E-state index in [1.807, 2.05) is 0 Å². The smallest absolute Gasteiger partial charge is 0.320 e. The van der Waals surface area contributed by atoms with Crippen molar-refractivity contribution in [2.45, 2.75) is 25.8 Å². The number of carbonyl (C=O) groups is 2. The monoisotopic (exact) mass is 176 g/mol. The summed E-state index contributed by atoms with van der Waals surface area (Å²) in [5, 5.41) is 8.36. The molecule has 70 valence electrons. The lowest BCUT2D eigenvalue weighted by Crippen LogP contribution is -2.30. The fraction of sp³-hybridized carbons (Fsp3) is 0.714. The van der Waals surface area contributed by atoms with Crippen LogP contribution in [-0.4, -0.2) is 29.7 Å². The number of esters is 1. The van der Waals surface area contributed by atoms with Gasteiger partial charge < -0.3 is 15.6 Å². The Hall–Kier alpha value is -1.10. The molecule has 0 aromatic heterocycles. The minimum atomic E-state index is -1.15. The van der Waals surface area contributed by atoms with Crippen molar-refractivity contribution in [1.82, 2.24) is 0 Å². The standard InChI is InChI=1S/C7H13NO4/c1-2-12-6(9)4-3-5(8)7(10)11/h5H,2-4,8H2,1H3,(H,10,11)/t5-/m0/s1/i2D/t2?,5-. The normalized spacial score (nSPS) is 16.0. The Balaban J connectivity index is 3.64. The molecule has 0 aliphatic heterocycles.